The highest BCUT2D eigenvalue weighted by Gasteiger charge is 2.61. The predicted octanol–water partition coefficient (Wildman–Crippen LogP) is 7.00. The van der Waals surface area contributed by atoms with Gasteiger partial charge in [-0.2, -0.15) is 0 Å². The second-order valence-electron chi connectivity index (χ2n) is 12.7. The summed E-state index contributed by atoms with van der Waals surface area (Å²) in [5.41, 5.74) is -2.44. The van der Waals surface area contributed by atoms with E-state index in [0.29, 0.717) is 12.8 Å². The van der Waals surface area contributed by atoms with Gasteiger partial charge in [-0.25, -0.2) is 0 Å². The topological polar surface area (TPSA) is 147 Å². The molecule has 9 heteroatoms. The minimum atomic E-state index is -3.18. The van der Waals surface area contributed by atoms with Crippen LogP contribution >= 0.6 is 0 Å². The quantitative estimate of drug-likeness (QED) is 0.0474. The normalized spacial score (nSPS) is 18.8. The van der Waals surface area contributed by atoms with E-state index in [1.54, 1.807) is 0 Å². The lowest BCUT2D eigenvalue weighted by molar-refractivity contribution is -0.361. The Morgan fingerprint density at radius 2 is 0.977 bits per heavy atom. The lowest BCUT2D eigenvalue weighted by atomic mass is 9.73. The molecule has 0 radical (unpaired) electrons. The average molecular weight is 627 g/mol. The number of Topliss-reactive ketones (excluding diaryl/α,β-unsaturated/α-hetero) is 2. The number of aliphatic hydroxyl groups excluding tert-OH is 2. The molecule has 0 bridgehead atoms. The number of cyclic esters (lactones) is 2. The van der Waals surface area contributed by atoms with Gasteiger partial charge in [0.2, 0.25) is 0 Å². The maximum Gasteiger partial charge on any atom is 0.403 e. The lowest BCUT2D eigenvalue weighted by Crippen LogP contribution is -2.53. The molecule has 2 atom stereocenters. The lowest BCUT2D eigenvalue weighted by Gasteiger charge is -2.30. The third-order valence-corrected chi connectivity index (χ3v) is 8.82. The van der Waals surface area contributed by atoms with Crippen molar-refractivity contribution in [1.29, 1.82) is 0 Å². The SMILES string of the molecule is CCCCCCCCCCCCCC(=O)C1(C(=O)CCCCCCCCCCCCC)CC(=O)OC(O)(C(O)CO)OC1=O. The van der Waals surface area contributed by atoms with Crippen LogP contribution in [0.3, 0.4) is 0 Å². The molecule has 9 nitrogen and oxygen atoms in total. The van der Waals surface area contributed by atoms with Gasteiger partial charge < -0.3 is 24.8 Å². The van der Waals surface area contributed by atoms with Crippen molar-refractivity contribution in [2.45, 2.75) is 186 Å². The number of unbranched alkanes of at least 4 members (excludes halogenated alkanes) is 20. The molecule has 0 saturated carbocycles. The van der Waals surface area contributed by atoms with Gasteiger partial charge in [-0.1, -0.05) is 142 Å². The van der Waals surface area contributed by atoms with Crippen molar-refractivity contribution in [2.24, 2.45) is 5.41 Å². The maximum absolute atomic E-state index is 13.6. The molecule has 0 aromatic heterocycles. The van der Waals surface area contributed by atoms with Crippen molar-refractivity contribution in [3.63, 3.8) is 0 Å². The summed E-state index contributed by atoms with van der Waals surface area (Å²) in [6.07, 6.45) is 20.3. The van der Waals surface area contributed by atoms with Crippen LogP contribution in [0.1, 0.15) is 174 Å². The molecule has 1 rings (SSSR count). The van der Waals surface area contributed by atoms with Crippen LogP contribution in [0, 0.1) is 5.41 Å². The van der Waals surface area contributed by atoms with E-state index >= 15 is 0 Å². The fraction of sp³-hybridized carbons (Fsp3) is 0.886. The Morgan fingerprint density at radius 1 is 0.636 bits per heavy atom. The van der Waals surface area contributed by atoms with E-state index in [-0.39, 0.29) is 12.8 Å². The molecule has 44 heavy (non-hydrogen) atoms. The minimum absolute atomic E-state index is 0.0929. The van der Waals surface area contributed by atoms with E-state index in [9.17, 15) is 34.5 Å². The van der Waals surface area contributed by atoms with E-state index in [1.165, 1.54) is 77.0 Å². The number of ether oxygens (including phenoxy) is 2. The molecule has 1 heterocycles. The zero-order valence-corrected chi connectivity index (χ0v) is 27.8. The van der Waals surface area contributed by atoms with Crippen LogP contribution in [0.4, 0.5) is 0 Å². The third-order valence-electron chi connectivity index (χ3n) is 8.82. The summed E-state index contributed by atoms with van der Waals surface area (Å²) in [5, 5.41) is 29.7. The van der Waals surface area contributed by atoms with Crippen molar-refractivity contribution >= 4 is 23.5 Å². The van der Waals surface area contributed by atoms with E-state index in [4.69, 9.17) is 9.47 Å². The predicted molar refractivity (Wildman–Crippen MR) is 169 cm³/mol. The summed E-state index contributed by atoms with van der Waals surface area (Å²) in [6, 6.07) is 0. The Kier molecular flexibility index (Phi) is 21.5. The van der Waals surface area contributed by atoms with E-state index < -0.39 is 54.0 Å². The summed E-state index contributed by atoms with van der Waals surface area (Å²) in [6.45, 7) is 3.32. The molecule has 1 fully saturated rings. The van der Waals surface area contributed by atoms with Gasteiger partial charge in [0.25, 0.3) is 0 Å². The van der Waals surface area contributed by atoms with E-state index in [0.717, 1.165) is 51.4 Å². The largest absolute Gasteiger partial charge is 0.403 e. The highest BCUT2D eigenvalue weighted by molar-refractivity contribution is 6.24. The molecule has 2 unspecified atom stereocenters. The van der Waals surface area contributed by atoms with Crippen LogP contribution in [0.5, 0.6) is 0 Å². The molecule has 0 amide bonds. The standard InChI is InChI=1S/C35H62O9/c1-3-5-7-9-11-13-15-17-19-21-23-25-29(37)34(27-32(40)43-35(42,31(39)28-36)44-33(34)41)30(38)26-24-22-20-18-16-14-12-10-8-6-4-2/h31,36,39,42H,3-28H2,1-2H3. The Bertz CT molecular complexity index is 789. The molecule has 0 aromatic rings. The smallest absolute Gasteiger partial charge is 0.396 e. The molecule has 3 N–H and O–H groups in total. The molecule has 1 aliphatic rings. The van der Waals surface area contributed by atoms with Gasteiger partial charge in [0, 0.05) is 12.8 Å². The molecule has 0 aromatic carbocycles. The fourth-order valence-corrected chi connectivity index (χ4v) is 5.89. The molecular formula is C35H62O9. The first kappa shape index (κ1) is 40.2. The van der Waals surface area contributed by atoms with Gasteiger partial charge in [-0.05, 0) is 12.8 Å². The van der Waals surface area contributed by atoms with Crippen molar-refractivity contribution in [3.05, 3.63) is 0 Å². The van der Waals surface area contributed by atoms with Crippen LogP contribution in [0.25, 0.3) is 0 Å². The summed E-state index contributed by atoms with van der Waals surface area (Å²) in [7, 11) is 0. The number of carbonyl (C=O) groups excluding carboxylic acids is 4. The van der Waals surface area contributed by atoms with Gasteiger partial charge >= 0.3 is 17.9 Å². The Labute approximate surface area is 265 Å². The second-order valence-corrected chi connectivity index (χ2v) is 12.7. The summed E-state index contributed by atoms with van der Waals surface area (Å²) >= 11 is 0. The van der Waals surface area contributed by atoms with Crippen molar-refractivity contribution < 1.29 is 44.0 Å². The maximum atomic E-state index is 13.6. The van der Waals surface area contributed by atoms with Crippen LogP contribution in [-0.4, -0.2) is 57.5 Å². The summed E-state index contributed by atoms with van der Waals surface area (Å²) < 4.78 is 9.68. The van der Waals surface area contributed by atoms with Crippen LogP contribution in [0.15, 0.2) is 0 Å². The highest BCUT2D eigenvalue weighted by atomic mass is 16.9. The zero-order chi connectivity index (χ0) is 32.7. The Balaban J connectivity index is 2.70. The minimum Gasteiger partial charge on any atom is -0.396 e. The number of ketones is 2. The number of rotatable bonds is 28. The number of aliphatic hydroxyl groups is 3. The third kappa shape index (κ3) is 14.5. The number of esters is 2. The number of hydrogen-bond donors (Lipinski definition) is 3. The molecule has 0 spiro atoms. The van der Waals surface area contributed by atoms with Gasteiger partial charge in [0.15, 0.2) is 23.1 Å². The van der Waals surface area contributed by atoms with Crippen molar-refractivity contribution in [3.8, 4) is 0 Å². The van der Waals surface area contributed by atoms with Crippen molar-refractivity contribution in [2.75, 3.05) is 6.61 Å². The average Bonchev–Trinajstić information content (AvgIpc) is 3.11. The number of carbonyl (C=O) groups is 4. The monoisotopic (exact) mass is 626 g/mol. The second kappa shape index (κ2) is 23.5. The molecule has 0 aliphatic carbocycles. The van der Waals surface area contributed by atoms with Crippen LogP contribution < -0.4 is 0 Å². The van der Waals surface area contributed by atoms with Gasteiger partial charge in [-0.15, -0.1) is 0 Å². The first-order chi connectivity index (χ1) is 21.2. The molecule has 1 aliphatic heterocycles. The first-order valence-electron chi connectivity index (χ1n) is 17.7. The highest BCUT2D eigenvalue weighted by Crippen LogP contribution is 2.37. The van der Waals surface area contributed by atoms with Gasteiger partial charge in [-0.3, -0.25) is 19.2 Å². The van der Waals surface area contributed by atoms with Gasteiger partial charge in [0.05, 0.1) is 13.0 Å². The first-order valence-corrected chi connectivity index (χ1v) is 17.7. The Hall–Kier alpha value is -1.84. The molecular weight excluding hydrogens is 564 g/mol. The van der Waals surface area contributed by atoms with Gasteiger partial charge in [0.1, 0.15) is 0 Å². The zero-order valence-electron chi connectivity index (χ0n) is 27.8. The molecule has 1 saturated heterocycles. The van der Waals surface area contributed by atoms with E-state index in [2.05, 4.69) is 13.8 Å². The number of hydrogen-bond acceptors (Lipinski definition) is 9. The van der Waals surface area contributed by atoms with Crippen molar-refractivity contribution in [1.82, 2.24) is 0 Å². The summed E-state index contributed by atoms with van der Waals surface area (Å²) in [5.74, 6) is -7.29. The fourth-order valence-electron chi connectivity index (χ4n) is 5.89. The Morgan fingerprint density at radius 3 is 1.32 bits per heavy atom. The van der Waals surface area contributed by atoms with E-state index in [1.807, 2.05) is 0 Å². The molecule has 256 valence electrons. The summed E-state index contributed by atoms with van der Waals surface area (Å²) in [4.78, 5) is 53.2. The van der Waals surface area contributed by atoms with Crippen LogP contribution in [0.2, 0.25) is 0 Å². The van der Waals surface area contributed by atoms with Crippen LogP contribution in [-0.2, 0) is 28.7 Å².